The zero-order chi connectivity index (χ0) is 39.5. The van der Waals surface area contributed by atoms with Gasteiger partial charge in [0.25, 0.3) is 11.1 Å². The molecule has 0 radical (unpaired) electrons. The number of ether oxygens (including phenoxy) is 1. The van der Waals surface area contributed by atoms with E-state index < -0.39 is 40.9 Å². The van der Waals surface area contributed by atoms with Crippen LogP contribution in [0.3, 0.4) is 0 Å². The number of Topliss-reactive ketones (excluding diaryl/α,β-unsaturated/α-hetero) is 2. The van der Waals surface area contributed by atoms with Gasteiger partial charge in [0.05, 0.1) is 11.1 Å². The van der Waals surface area contributed by atoms with Crippen molar-refractivity contribution >= 4 is 34.3 Å². The van der Waals surface area contributed by atoms with Crippen molar-refractivity contribution in [2.45, 2.75) is 26.9 Å². The predicted octanol–water partition coefficient (Wildman–Crippen LogP) is 5.42. The SMILES string of the molecule is CCn1nc(-c2cccnc2)c(C(=O)COC)c(Nc2cccc(F)c2)c1=O.CCn1nc(-c2ccncc2)c(C(=O)CO)c(Nc2cccc(F)c2)c1=O. The van der Waals surface area contributed by atoms with Crippen molar-refractivity contribution in [3.63, 3.8) is 0 Å². The van der Waals surface area contributed by atoms with Gasteiger partial charge in [-0.05, 0) is 74.5 Å². The van der Waals surface area contributed by atoms with Crippen LogP contribution in [0, 0.1) is 11.6 Å². The van der Waals surface area contributed by atoms with Crippen molar-refractivity contribution in [3.05, 3.63) is 141 Å². The normalized spacial score (nSPS) is 10.7. The summed E-state index contributed by atoms with van der Waals surface area (Å²) in [7, 11) is 1.39. The molecule has 0 bridgehead atoms. The summed E-state index contributed by atoms with van der Waals surface area (Å²) in [4.78, 5) is 59.0. The first-order valence-electron chi connectivity index (χ1n) is 16.9. The van der Waals surface area contributed by atoms with Crippen LogP contribution >= 0.6 is 0 Å². The van der Waals surface area contributed by atoms with Crippen molar-refractivity contribution in [1.82, 2.24) is 29.5 Å². The maximum atomic E-state index is 13.6. The number of nitrogens with zero attached hydrogens (tertiary/aromatic N) is 6. The number of carbonyl (C=O) groups excluding carboxylic acids is 2. The minimum Gasteiger partial charge on any atom is -0.388 e. The molecule has 55 heavy (non-hydrogen) atoms. The van der Waals surface area contributed by atoms with Crippen molar-refractivity contribution in [3.8, 4) is 22.5 Å². The smallest absolute Gasteiger partial charge is 0.291 e. The number of benzene rings is 2. The summed E-state index contributed by atoms with van der Waals surface area (Å²) in [5.74, 6) is -2.05. The summed E-state index contributed by atoms with van der Waals surface area (Å²) >= 11 is 0. The minimum atomic E-state index is -0.798. The van der Waals surface area contributed by atoms with Crippen LogP contribution in [-0.4, -0.2) is 66.5 Å². The maximum absolute atomic E-state index is 13.6. The molecule has 4 aromatic heterocycles. The maximum Gasteiger partial charge on any atom is 0.291 e. The molecule has 16 heteroatoms. The standard InChI is InChI=1S/C20H19FN4O3.C19H17FN4O3/c1-3-25-20(27)19(23-15-8-4-7-14(21)10-15)17(16(26)12-28-2)18(24-25)13-6-5-9-22-11-13;1-2-24-19(27)18(22-14-5-3-4-13(20)10-14)16(15(26)11-25)17(23-24)12-6-8-21-9-7-12/h4-11,23H,3,12H2,1-2H3;3-10,22,25H,2,11H2,1H3. The number of aryl methyl sites for hydroxylation is 2. The number of pyridine rings is 2. The number of hydrogen-bond donors (Lipinski definition) is 3. The Kier molecular flexibility index (Phi) is 13.1. The molecule has 2 aromatic carbocycles. The lowest BCUT2D eigenvalue weighted by atomic mass is 10.0. The summed E-state index contributed by atoms with van der Waals surface area (Å²) < 4.78 is 34.6. The molecule has 6 rings (SSSR count). The highest BCUT2D eigenvalue weighted by molar-refractivity contribution is 6.08. The fraction of sp³-hybridized carbons (Fsp3) is 0.179. The molecule has 0 unspecified atom stereocenters. The summed E-state index contributed by atoms with van der Waals surface area (Å²) in [5, 5.41) is 23.8. The lowest BCUT2D eigenvalue weighted by Gasteiger charge is -2.16. The third-order valence-electron chi connectivity index (χ3n) is 7.96. The molecular formula is C39H36F2N8O6. The van der Waals surface area contributed by atoms with E-state index in [1.165, 1.54) is 65.3 Å². The number of ketones is 2. The van der Waals surface area contributed by atoms with Gasteiger partial charge in [0.1, 0.15) is 47.6 Å². The van der Waals surface area contributed by atoms with E-state index in [-0.39, 0.29) is 41.3 Å². The molecule has 0 aliphatic carbocycles. The van der Waals surface area contributed by atoms with Crippen molar-refractivity contribution in [1.29, 1.82) is 0 Å². The molecule has 14 nitrogen and oxygen atoms in total. The Balaban J connectivity index is 0.000000211. The third kappa shape index (κ3) is 9.24. The molecule has 0 saturated heterocycles. The molecule has 0 atom stereocenters. The minimum absolute atomic E-state index is 0.0170. The molecule has 0 amide bonds. The first-order valence-corrected chi connectivity index (χ1v) is 16.9. The van der Waals surface area contributed by atoms with Crippen LogP contribution in [0.1, 0.15) is 34.6 Å². The predicted molar refractivity (Wildman–Crippen MR) is 202 cm³/mol. The van der Waals surface area contributed by atoms with Crippen LogP contribution in [0.5, 0.6) is 0 Å². The number of anilines is 4. The number of halogens is 2. The molecule has 3 N–H and O–H groups in total. The first-order chi connectivity index (χ1) is 26.6. The van der Waals surface area contributed by atoms with Gasteiger partial charge >= 0.3 is 0 Å². The van der Waals surface area contributed by atoms with E-state index in [0.717, 1.165) is 0 Å². The Morgan fingerprint density at radius 2 is 1.24 bits per heavy atom. The van der Waals surface area contributed by atoms with Gasteiger partial charge in [-0.2, -0.15) is 10.2 Å². The van der Waals surface area contributed by atoms with Gasteiger partial charge in [0.15, 0.2) is 11.6 Å². The molecule has 4 heterocycles. The highest BCUT2D eigenvalue weighted by Crippen LogP contribution is 2.29. The van der Waals surface area contributed by atoms with E-state index in [1.807, 2.05) is 0 Å². The molecule has 0 saturated carbocycles. The van der Waals surface area contributed by atoms with Crippen LogP contribution in [-0.2, 0) is 17.8 Å². The Bertz CT molecular complexity index is 2420. The van der Waals surface area contributed by atoms with Crippen molar-refractivity contribution in [2.24, 2.45) is 0 Å². The summed E-state index contributed by atoms with van der Waals surface area (Å²) in [6.07, 6.45) is 6.22. The number of hydrogen-bond acceptors (Lipinski definition) is 12. The van der Waals surface area contributed by atoms with Crippen molar-refractivity contribution in [2.75, 3.05) is 31.0 Å². The van der Waals surface area contributed by atoms with Gasteiger partial charge in [0, 0.05) is 67.5 Å². The fourth-order valence-electron chi connectivity index (χ4n) is 5.46. The average Bonchev–Trinajstić information content (AvgIpc) is 3.20. The van der Waals surface area contributed by atoms with Crippen LogP contribution in [0.4, 0.5) is 31.5 Å². The van der Waals surface area contributed by atoms with E-state index in [0.29, 0.717) is 34.7 Å². The monoisotopic (exact) mass is 750 g/mol. The largest absolute Gasteiger partial charge is 0.388 e. The van der Waals surface area contributed by atoms with E-state index in [4.69, 9.17) is 4.74 Å². The fourth-order valence-corrected chi connectivity index (χ4v) is 5.46. The van der Waals surface area contributed by atoms with E-state index in [9.17, 15) is 33.1 Å². The molecule has 6 aromatic rings. The Hall–Kier alpha value is -6.78. The third-order valence-corrected chi connectivity index (χ3v) is 7.96. The highest BCUT2D eigenvalue weighted by atomic mass is 19.1. The zero-order valence-corrected chi connectivity index (χ0v) is 30.0. The quantitative estimate of drug-likeness (QED) is 0.128. The Morgan fingerprint density at radius 1 is 0.709 bits per heavy atom. The number of methoxy groups -OCH3 is 1. The van der Waals surface area contributed by atoms with E-state index >= 15 is 0 Å². The van der Waals surface area contributed by atoms with Crippen LogP contribution in [0.25, 0.3) is 22.5 Å². The molecule has 282 valence electrons. The first kappa shape index (κ1) is 39.4. The Labute approximate surface area is 313 Å². The van der Waals surface area contributed by atoms with Crippen LogP contribution in [0.2, 0.25) is 0 Å². The van der Waals surface area contributed by atoms with E-state index in [1.54, 1.807) is 62.6 Å². The lowest BCUT2D eigenvalue weighted by Crippen LogP contribution is -2.29. The summed E-state index contributed by atoms with van der Waals surface area (Å²) in [6, 6.07) is 17.9. The van der Waals surface area contributed by atoms with Crippen molar-refractivity contribution < 1.29 is 28.2 Å². The second-order valence-corrected chi connectivity index (χ2v) is 11.6. The number of aliphatic hydroxyl groups is 1. The Morgan fingerprint density at radius 3 is 1.69 bits per heavy atom. The van der Waals surface area contributed by atoms with E-state index in [2.05, 4.69) is 30.8 Å². The molecule has 0 spiro atoms. The zero-order valence-electron chi connectivity index (χ0n) is 30.0. The summed E-state index contributed by atoms with van der Waals surface area (Å²) in [5.41, 5.74) is 1.26. The number of aromatic nitrogens is 6. The molecule has 0 fully saturated rings. The van der Waals surface area contributed by atoms with Gasteiger partial charge in [0.2, 0.25) is 0 Å². The van der Waals surface area contributed by atoms with Gasteiger partial charge in [-0.3, -0.25) is 29.1 Å². The van der Waals surface area contributed by atoms with Crippen LogP contribution < -0.4 is 21.8 Å². The van der Waals surface area contributed by atoms with Gasteiger partial charge in [-0.25, -0.2) is 18.1 Å². The number of carbonyl (C=O) groups is 2. The highest BCUT2D eigenvalue weighted by Gasteiger charge is 2.25. The van der Waals surface area contributed by atoms with Crippen LogP contribution in [0.15, 0.2) is 107 Å². The van der Waals surface area contributed by atoms with Gasteiger partial charge in [-0.15, -0.1) is 0 Å². The second kappa shape index (κ2) is 18.3. The lowest BCUT2D eigenvalue weighted by molar-refractivity contribution is 0.0848. The van der Waals surface area contributed by atoms with Gasteiger partial charge < -0.3 is 20.5 Å². The molecule has 0 aliphatic rings. The number of aliphatic hydroxyl groups excluding tert-OH is 1. The topological polar surface area (TPSA) is 183 Å². The molecule has 0 aliphatic heterocycles. The van der Waals surface area contributed by atoms with Gasteiger partial charge in [-0.1, -0.05) is 12.1 Å². The summed E-state index contributed by atoms with van der Waals surface area (Å²) in [6.45, 7) is 3.04. The number of rotatable bonds is 13. The number of nitrogens with one attached hydrogen (secondary N) is 2. The average molecular weight is 751 g/mol. The molecular weight excluding hydrogens is 714 g/mol. The second-order valence-electron chi connectivity index (χ2n) is 11.6.